The summed E-state index contributed by atoms with van der Waals surface area (Å²) in [6.45, 7) is 1.53. The molecule has 1 aromatic rings. The summed E-state index contributed by atoms with van der Waals surface area (Å²) in [4.78, 5) is 22.0. The molecular formula is C13H20N4O2. The van der Waals surface area contributed by atoms with Crippen molar-refractivity contribution >= 4 is 11.9 Å². The summed E-state index contributed by atoms with van der Waals surface area (Å²) in [5.41, 5.74) is 0. The molecule has 1 atom stereocenters. The van der Waals surface area contributed by atoms with Crippen molar-refractivity contribution in [3.63, 3.8) is 0 Å². The number of hydrogen-bond acceptors (Lipinski definition) is 5. The van der Waals surface area contributed by atoms with Gasteiger partial charge in [-0.3, -0.25) is 15.0 Å². The third-order valence-electron chi connectivity index (χ3n) is 3.36. The van der Waals surface area contributed by atoms with E-state index in [2.05, 4.69) is 20.2 Å². The van der Waals surface area contributed by atoms with Gasteiger partial charge in [-0.25, -0.2) is 9.97 Å². The van der Waals surface area contributed by atoms with Crippen LogP contribution in [-0.2, 0) is 4.79 Å². The average molecular weight is 264 g/mol. The lowest BCUT2D eigenvalue weighted by Gasteiger charge is -2.23. The van der Waals surface area contributed by atoms with Gasteiger partial charge in [-0.15, -0.1) is 0 Å². The number of carbonyl (C=O) groups is 1. The highest BCUT2D eigenvalue weighted by Crippen LogP contribution is 2.20. The van der Waals surface area contributed by atoms with E-state index in [9.17, 15) is 4.79 Å². The number of aliphatic hydroxyl groups excluding tert-OH is 1. The van der Waals surface area contributed by atoms with Crippen molar-refractivity contribution < 1.29 is 9.90 Å². The Hall–Kier alpha value is -1.53. The fourth-order valence-corrected chi connectivity index (χ4v) is 2.47. The molecule has 1 amide bonds. The fraction of sp³-hybridized carbons (Fsp3) is 0.615. The number of likely N-dealkylation sites (tertiary alicyclic amines) is 1. The second-order valence-electron chi connectivity index (χ2n) is 4.75. The van der Waals surface area contributed by atoms with Gasteiger partial charge in [-0.2, -0.15) is 0 Å². The Balaban J connectivity index is 1.81. The molecule has 2 N–H and O–H groups in total. The molecule has 1 unspecified atom stereocenters. The van der Waals surface area contributed by atoms with Gasteiger partial charge in [0.2, 0.25) is 11.9 Å². The van der Waals surface area contributed by atoms with Gasteiger partial charge in [0, 0.05) is 25.0 Å². The van der Waals surface area contributed by atoms with Crippen molar-refractivity contribution in [3.8, 4) is 0 Å². The Kier molecular flexibility index (Phi) is 5.23. The summed E-state index contributed by atoms with van der Waals surface area (Å²) in [7, 11) is 0. The molecule has 19 heavy (non-hydrogen) atoms. The summed E-state index contributed by atoms with van der Waals surface area (Å²) >= 11 is 0. The topological polar surface area (TPSA) is 78.4 Å². The smallest absolute Gasteiger partial charge is 0.240 e. The van der Waals surface area contributed by atoms with Crippen LogP contribution in [0.25, 0.3) is 0 Å². The minimum absolute atomic E-state index is 0.0814. The lowest BCUT2D eigenvalue weighted by molar-refractivity contribution is -0.117. The lowest BCUT2D eigenvalue weighted by atomic mass is 10.1. The van der Waals surface area contributed by atoms with Gasteiger partial charge in [0.1, 0.15) is 0 Å². The molecule has 6 heteroatoms. The zero-order valence-electron chi connectivity index (χ0n) is 11.0. The van der Waals surface area contributed by atoms with Crippen molar-refractivity contribution in [2.24, 2.45) is 0 Å². The van der Waals surface area contributed by atoms with Crippen LogP contribution in [0.2, 0.25) is 0 Å². The molecule has 0 spiro atoms. The maximum absolute atomic E-state index is 11.9. The number of hydrogen-bond donors (Lipinski definition) is 2. The summed E-state index contributed by atoms with van der Waals surface area (Å²) < 4.78 is 0. The standard InChI is InChI=1S/C13H20N4O2/c18-9-2-5-11-4-1-8-17(11)10-12(19)16-13-14-6-3-7-15-13/h3,6-7,11,18H,1-2,4-5,8-10H2,(H,14,15,16,19). The zero-order chi connectivity index (χ0) is 13.5. The predicted molar refractivity (Wildman–Crippen MR) is 71.6 cm³/mol. The van der Waals surface area contributed by atoms with Crippen LogP contribution in [-0.4, -0.2) is 51.6 Å². The van der Waals surface area contributed by atoms with E-state index in [4.69, 9.17) is 5.11 Å². The molecule has 0 radical (unpaired) electrons. The summed E-state index contributed by atoms with van der Waals surface area (Å²) in [5, 5.41) is 11.6. The predicted octanol–water partition coefficient (Wildman–Crippen LogP) is 0.652. The van der Waals surface area contributed by atoms with E-state index in [1.54, 1.807) is 18.5 Å². The highest BCUT2D eigenvalue weighted by atomic mass is 16.3. The number of nitrogens with one attached hydrogen (secondary N) is 1. The van der Waals surface area contributed by atoms with Crippen molar-refractivity contribution in [1.82, 2.24) is 14.9 Å². The second-order valence-corrected chi connectivity index (χ2v) is 4.75. The maximum Gasteiger partial charge on any atom is 0.240 e. The van der Waals surface area contributed by atoms with Crippen LogP contribution in [0.1, 0.15) is 25.7 Å². The molecule has 1 fully saturated rings. The Morgan fingerprint density at radius 1 is 1.47 bits per heavy atom. The quantitative estimate of drug-likeness (QED) is 0.789. The molecule has 0 aromatic carbocycles. The Bertz CT molecular complexity index is 399. The van der Waals surface area contributed by atoms with Gasteiger partial charge >= 0.3 is 0 Å². The first-order valence-corrected chi connectivity index (χ1v) is 6.71. The molecule has 2 rings (SSSR count). The van der Waals surface area contributed by atoms with Gasteiger partial charge < -0.3 is 5.11 Å². The van der Waals surface area contributed by atoms with Crippen LogP contribution in [0.3, 0.4) is 0 Å². The SMILES string of the molecule is O=C(CN1CCCC1CCCO)Nc1ncccn1. The van der Waals surface area contributed by atoms with E-state index >= 15 is 0 Å². The fourth-order valence-electron chi connectivity index (χ4n) is 2.47. The highest BCUT2D eigenvalue weighted by molar-refractivity contribution is 5.90. The van der Waals surface area contributed by atoms with Gasteiger partial charge in [0.25, 0.3) is 0 Å². The van der Waals surface area contributed by atoms with Crippen LogP contribution >= 0.6 is 0 Å². The molecule has 2 heterocycles. The van der Waals surface area contributed by atoms with E-state index in [-0.39, 0.29) is 12.5 Å². The van der Waals surface area contributed by atoms with E-state index in [1.165, 1.54) is 0 Å². The summed E-state index contributed by atoms with van der Waals surface area (Å²) in [6, 6.07) is 2.12. The van der Waals surface area contributed by atoms with Crippen molar-refractivity contribution in [1.29, 1.82) is 0 Å². The molecule has 1 aromatic heterocycles. The zero-order valence-corrected chi connectivity index (χ0v) is 11.0. The van der Waals surface area contributed by atoms with Gasteiger partial charge in [0.05, 0.1) is 6.54 Å². The Labute approximate surface area is 112 Å². The highest BCUT2D eigenvalue weighted by Gasteiger charge is 2.25. The summed E-state index contributed by atoms with van der Waals surface area (Å²) in [6.07, 6.45) is 7.17. The maximum atomic E-state index is 11.9. The van der Waals surface area contributed by atoms with E-state index in [0.29, 0.717) is 18.5 Å². The number of rotatable bonds is 6. The van der Waals surface area contributed by atoms with Crippen LogP contribution in [0, 0.1) is 0 Å². The summed E-state index contributed by atoms with van der Waals surface area (Å²) in [5.74, 6) is 0.265. The van der Waals surface area contributed by atoms with Gasteiger partial charge in [-0.05, 0) is 38.3 Å². The number of aliphatic hydroxyl groups is 1. The minimum atomic E-state index is -0.0814. The van der Waals surface area contributed by atoms with Gasteiger partial charge in [0.15, 0.2) is 0 Å². The van der Waals surface area contributed by atoms with E-state index in [1.807, 2.05) is 0 Å². The molecule has 6 nitrogen and oxygen atoms in total. The largest absolute Gasteiger partial charge is 0.396 e. The third kappa shape index (κ3) is 4.25. The van der Waals surface area contributed by atoms with Crippen molar-refractivity contribution in [3.05, 3.63) is 18.5 Å². The van der Waals surface area contributed by atoms with Crippen LogP contribution in [0.4, 0.5) is 5.95 Å². The molecule has 1 aliphatic heterocycles. The van der Waals surface area contributed by atoms with Crippen LogP contribution in [0.15, 0.2) is 18.5 Å². The van der Waals surface area contributed by atoms with E-state index < -0.39 is 0 Å². The monoisotopic (exact) mass is 264 g/mol. The first kappa shape index (κ1) is 13.9. The number of nitrogens with zero attached hydrogens (tertiary/aromatic N) is 3. The normalized spacial score (nSPS) is 19.5. The Morgan fingerprint density at radius 3 is 3.00 bits per heavy atom. The van der Waals surface area contributed by atoms with Crippen LogP contribution < -0.4 is 5.32 Å². The van der Waals surface area contributed by atoms with Crippen LogP contribution in [0.5, 0.6) is 0 Å². The molecule has 1 saturated heterocycles. The molecule has 1 aliphatic rings. The minimum Gasteiger partial charge on any atom is -0.396 e. The third-order valence-corrected chi connectivity index (χ3v) is 3.36. The number of carbonyl (C=O) groups excluding carboxylic acids is 1. The molecule has 0 aliphatic carbocycles. The molecular weight excluding hydrogens is 244 g/mol. The van der Waals surface area contributed by atoms with E-state index in [0.717, 1.165) is 32.2 Å². The van der Waals surface area contributed by atoms with Crippen molar-refractivity contribution in [2.45, 2.75) is 31.7 Å². The number of amides is 1. The Morgan fingerprint density at radius 2 is 2.26 bits per heavy atom. The van der Waals surface area contributed by atoms with Crippen molar-refractivity contribution in [2.75, 3.05) is 25.0 Å². The first-order valence-electron chi connectivity index (χ1n) is 6.71. The molecule has 104 valence electrons. The average Bonchev–Trinajstić information content (AvgIpc) is 2.84. The van der Waals surface area contributed by atoms with Gasteiger partial charge in [-0.1, -0.05) is 0 Å². The molecule has 0 bridgehead atoms. The number of anilines is 1. The lowest BCUT2D eigenvalue weighted by Crippen LogP contribution is -2.37. The second kappa shape index (κ2) is 7.16. The first-order chi connectivity index (χ1) is 9.29. The molecule has 0 saturated carbocycles. The number of aromatic nitrogens is 2.